The van der Waals surface area contributed by atoms with E-state index in [1.807, 2.05) is 12.1 Å². The van der Waals surface area contributed by atoms with Crippen molar-refractivity contribution in [1.82, 2.24) is 25.2 Å². The molecule has 4 heterocycles. The molecule has 0 radical (unpaired) electrons. The minimum Gasteiger partial charge on any atom is -0.480 e. The van der Waals surface area contributed by atoms with Gasteiger partial charge in [-0.1, -0.05) is 34.5 Å². The Morgan fingerprint density at radius 2 is 1.90 bits per heavy atom. The minimum absolute atomic E-state index is 0.318. The SMILES string of the molecule is O=C(O)Cn1nnc(-c2cnc(N3CC4CN(c5cc(Cl)ccc5Cl)CC4C3)s2)n1. The van der Waals surface area contributed by atoms with E-state index >= 15 is 0 Å². The van der Waals surface area contributed by atoms with Crippen molar-refractivity contribution in [2.24, 2.45) is 11.8 Å². The minimum atomic E-state index is -1.01. The van der Waals surface area contributed by atoms with Gasteiger partial charge in [0.15, 0.2) is 11.7 Å². The summed E-state index contributed by atoms with van der Waals surface area (Å²) in [6.45, 7) is 3.40. The number of nitrogens with zero attached hydrogens (tertiary/aromatic N) is 7. The molecule has 2 atom stereocenters. The van der Waals surface area contributed by atoms with E-state index in [9.17, 15) is 4.79 Å². The molecule has 3 aromatic rings. The molecule has 0 spiro atoms. The molecule has 2 aliphatic rings. The van der Waals surface area contributed by atoms with Crippen molar-refractivity contribution < 1.29 is 9.90 Å². The zero-order chi connectivity index (χ0) is 20.8. The summed E-state index contributed by atoms with van der Waals surface area (Å²) in [4.78, 5) is 21.8. The molecular weight excluding hydrogens is 449 g/mol. The van der Waals surface area contributed by atoms with E-state index in [1.165, 1.54) is 11.3 Å². The number of anilines is 2. The fraction of sp³-hybridized carbons (Fsp3) is 0.389. The largest absolute Gasteiger partial charge is 0.480 e. The number of tetrazole rings is 1. The number of carboxylic acids is 1. The smallest absolute Gasteiger partial charge is 0.327 e. The third kappa shape index (κ3) is 3.70. The Balaban J connectivity index is 1.25. The van der Waals surface area contributed by atoms with Crippen LogP contribution < -0.4 is 9.80 Å². The van der Waals surface area contributed by atoms with Gasteiger partial charge in [0, 0.05) is 43.0 Å². The van der Waals surface area contributed by atoms with E-state index in [1.54, 1.807) is 12.3 Å². The molecule has 2 aromatic heterocycles. The second-order valence-electron chi connectivity index (χ2n) is 7.47. The van der Waals surface area contributed by atoms with Crippen molar-refractivity contribution in [3.63, 3.8) is 0 Å². The van der Waals surface area contributed by atoms with Crippen LogP contribution in [0.1, 0.15) is 0 Å². The fourth-order valence-electron chi connectivity index (χ4n) is 4.12. The summed E-state index contributed by atoms with van der Waals surface area (Å²) in [5.74, 6) is 0.436. The third-order valence-corrected chi connectivity index (χ3v) is 7.06. The van der Waals surface area contributed by atoms with Gasteiger partial charge >= 0.3 is 5.97 Å². The van der Waals surface area contributed by atoms with Crippen LogP contribution in [0, 0.1) is 11.8 Å². The summed E-state index contributed by atoms with van der Waals surface area (Å²) in [5, 5.41) is 23.0. The predicted molar refractivity (Wildman–Crippen MR) is 114 cm³/mol. The molecule has 0 aliphatic carbocycles. The van der Waals surface area contributed by atoms with Crippen LogP contribution in [-0.2, 0) is 11.3 Å². The number of rotatable bonds is 5. The number of hydrogen-bond donors (Lipinski definition) is 1. The highest BCUT2D eigenvalue weighted by atomic mass is 35.5. The lowest BCUT2D eigenvalue weighted by Gasteiger charge is -2.24. The molecule has 0 bridgehead atoms. The molecule has 30 heavy (non-hydrogen) atoms. The zero-order valence-corrected chi connectivity index (χ0v) is 18.0. The molecule has 9 nitrogen and oxygen atoms in total. The van der Waals surface area contributed by atoms with Gasteiger partial charge in [0.1, 0.15) is 0 Å². The highest BCUT2D eigenvalue weighted by Crippen LogP contribution is 2.40. The van der Waals surface area contributed by atoms with Gasteiger partial charge in [0.2, 0.25) is 5.82 Å². The first-order chi connectivity index (χ1) is 14.5. The molecule has 2 unspecified atom stereocenters. The van der Waals surface area contributed by atoms with Crippen LogP contribution >= 0.6 is 34.5 Å². The molecule has 1 aromatic carbocycles. The van der Waals surface area contributed by atoms with Crippen LogP contribution in [-0.4, -0.2) is 62.4 Å². The highest BCUT2D eigenvalue weighted by molar-refractivity contribution is 7.18. The van der Waals surface area contributed by atoms with Crippen molar-refractivity contribution in [3.05, 3.63) is 34.4 Å². The molecule has 0 saturated carbocycles. The van der Waals surface area contributed by atoms with Crippen LogP contribution in [0.2, 0.25) is 10.0 Å². The Labute approximate surface area is 185 Å². The van der Waals surface area contributed by atoms with Crippen LogP contribution in [0.3, 0.4) is 0 Å². The molecule has 2 fully saturated rings. The standard InChI is InChI=1S/C18H17Cl2N7O2S/c19-12-1-2-13(20)14(3-12)25-5-10-7-26(8-11(10)6-25)18-21-4-15(30-18)17-22-24-27(23-17)9-16(28)29/h1-4,10-11H,5-9H2,(H,28,29). The van der Waals surface area contributed by atoms with E-state index in [-0.39, 0.29) is 6.54 Å². The zero-order valence-electron chi connectivity index (χ0n) is 15.6. The van der Waals surface area contributed by atoms with Crippen molar-refractivity contribution in [2.45, 2.75) is 6.54 Å². The second kappa shape index (κ2) is 7.68. The van der Waals surface area contributed by atoms with E-state index in [4.69, 9.17) is 28.3 Å². The third-order valence-electron chi connectivity index (χ3n) is 5.45. The molecule has 2 aliphatic heterocycles. The van der Waals surface area contributed by atoms with Gasteiger partial charge in [-0.05, 0) is 23.4 Å². The number of thiazole rings is 1. The molecular formula is C18H17Cl2N7O2S. The number of halogens is 2. The van der Waals surface area contributed by atoms with Crippen molar-refractivity contribution in [3.8, 4) is 10.7 Å². The van der Waals surface area contributed by atoms with Crippen molar-refractivity contribution >= 4 is 51.3 Å². The van der Waals surface area contributed by atoms with Crippen molar-refractivity contribution in [2.75, 3.05) is 36.0 Å². The van der Waals surface area contributed by atoms with E-state index < -0.39 is 5.97 Å². The lowest BCUT2D eigenvalue weighted by Crippen LogP contribution is -2.28. The quantitative estimate of drug-likeness (QED) is 0.613. The summed E-state index contributed by atoms with van der Waals surface area (Å²) >= 11 is 14.0. The Morgan fingerprint density at radius 1 is 1.17 bits per heavy atom. The highest BCUT2D eigenvalue weighted by Gasteiger charge is 2.41. The molecule has 1 N–H and O–H groups in total. The Bertz CT molecular complexity index is 1090. The average Bonchev–Trinajstić information content (AvgIpc) is 3.44. The number of carbonyl (C=O) groups is 1. The predicted octanol–water partition coefficient (Wildman–Crippen LogP) is 2.76. The first-order valence-corrected chi connectivity index (χ1v) is 10.9. The summed E-state index contributed by atoms with van der Waals surface area (Å²) in [5.41, 5.74) is 0.997. The van der Waals surface area contributed by atoms with E-state index in [0.717, 1.165) is 51.7 Å². The van der Waals surface area contributed by atoms with E-state index in [0.29, 0.717) is 22.7 Å². The second-order valence-corrected chi connectivity index (χ2v) is 9.32. The molecule has 5 rings (SSSR count). The number of aromatic nitrogens is 5. The van der Waals surface area contributed by atoms with Gasteiger partial charge in [-0.3, -0.25) is 4.79 Å². The molecule has 2 saturated heterocycles. The number of carboxylic acid groups (broad SMARTS) is 1. The number of benzene rings is 1. The van der Waals surface area contributed by atoms with Crippen molar-refractivity contribution in [1.29, 1.82) is 0 Å². The summed E-state index contributed by atoms with van der Waals surface area (Å²) in [7, 11) is 0. The average molecular weight is 466 g/mol. The first kappa shape index (κ1) is 19.5. The van der Waals surface area contributed by atoms with Crippen LogP contribution in [0.25, 0.3) is 10.7 Å². The molecule has 0 amide bonds. The van der Waals surface area contributed by atoms with Crippen LogP contribution in [0.5, 0.6) is 0 Å². The van der Waals surface area contributed by atoms with E-state index in [2.05, 4.69) is 30.2 Å². The topological polar surface area (TPSA) is 100 Å². The van der Waals surface area contributed by atoms with Gasteiger partial charge in [-0.25, -0.2) is 4.98 Å². The number of aliphatic carboxylic acids is 1. The monoisotopic (exact) mass is 465 g/mol. The van der Waals surface area contributed by atoms with Gasteiger partial charge in [-0.2, -0.15) is 4.80 Å². The Morgan fingerprint density at radius 3 is 2.63 bits per heavy atom. The normalized spacial score (nSPS) is 20.7. The summed E-state index contributed by atoms with van der Waals surface area (Å²) in [6, 6.07) is 5.58. The van der Waals surface area contributed by atoms with Gasteiger partial charge in [-0.15, -0.1) is 10.2 Å². The molecule has 156 valence electrons. The fourth-order valence-corrected chi connectivity index (χ4v) is 5.38. The maximum atomic E-state index is 10.8. The lowest BCUT2D eigenvalue weighted by molar-refractivity contribution is -0.138. The first-order valence-electron chi connectivity index (χ1n) is 9.37. The lowest BCUT2D eigenvalue weighted by atomic mass is 10.0. The maximum Gasteiger partial charge on any atom is 0.327 e. The Hall–Kier alpha value is -2.43. The van der Waals surface area contributed by atoms with Gasteiger partial charge in [0.25, 0.3) is 0 Å². The maximum absolute atomic E-state index is 10.8. The van der Waals surface area contributed by atoms with Crippen LogP contribution in [0.15, 0.2) is 24.4 Å². The number of fused-ring (bicyclic) bond motifs is 1. The number of hydrogen-bond acceptors (Lipinski definition) is 8. The van der Waals surface area contributed by atoms with Crippen LogP contribution in [0.4, 0.5) is 10.8 Å². The molecule has 12 heteroatoms. The summed E-state index contributed by atoms with van der Waals surface area (Å²) < 4.78 is 0. The summed E-state index contributed by atoms with van der Waals surface area (Å²) in [6.07, 6.45) is 1.72. The van der Waals surface area contributed by atoms with Gasteiger partial charge in [0.05, 0.1) is 21.8 Å². The van der Waals surface area contributed by atoms with Gasteiger partial charge < -0.3 is 14.9 Å². The Kier molecular flexibility index (Phi) is 5.00.